The van der Waals surface area contributed by atoms with Crippen molar-refractivity contribution in [3.05, 3.63) is 53.5 Å². The number of likely N-dealkylation sites (N-methyl/N-ethyl adjacent to an activating group) is 1. The molecule has 1 aliphatic rings. The van der Waals surface area contributed by atoms with E-state index in [1.54, 1.807) is 37.2 Å². The third kappa shape index (κ3) is 6.73. The highest BCUT2D eigenvalue weighted by atomic mass is 19.1. The van der Waals surface area contributed by atoms with Gasteiger partial charge in [0.2, 0.25) is 5.88 Å². The molecule has 2 heterocycles. The van der Waals surface area contributed by atoms with E-state index in [4.69, 9.17) is 4.74 Å². The van der Waals surface area contributed by atoms with Crippen molar-refractivity contribution in [1.29, 1.82) is 0 Å². The number of hydrogen-bond donors (Lipinski definition) is 2. The molecule has 0 unspecified atom stereocenters. The fourth-order valence-electron chi connectivity index (χ4n) is 3.75. The van der Waals surface area contributed by atoms with E-state index in [-0.39, 0.29) is 42.3 Å². The van der Waals surface area contributed by atoms with E-state index in [1.807, 2.05) is 20.8 Å². The number of carbonyl (C=O) groups is 2. The zero-order valence-electron chi connectivity index (χ0n) is 21.3. The lowest BCUT2D eigenvalue weighted by Crippen LogP contribution is -2.50. The number of hydrogen-bond acceptors (Lipinski definition) is 5. The summed E-state index contributed by atoms with van der Waals surface area (Å²) in [6, 6.07) is 6.46. The Morgan fingerprint density at radius 3 is 2.78 bits per heavy atom. The van der Waals surface area contributed by atoms with Crippen LogP contribution in [0.5, 0.6) is 5.88 Å². The Kier molecular flexibility index (Phi) is 8.88. The second-order valence-corrected chi connectivity index (χ2v) is 9.44. The van der Waals surface area contributed by atoms with E-state index in [0.717, 1.165) is 0 Å². The third-order valence-corrected chi connectivity index (χ3v) is 5.90. The van der Waals surface area contributed by atoms with Gasteiger partial charge in [-0.15, -0.1) is 0 Å². The van der Waals surface area contributed by atoms with E-state index in [9.17, 15) is 19.1 Å². The normalized spacial score (nSPS) is 18.2. The summed E-state index contributed by atoms with van der Waals surface area (Å²) in [6.07, 6.45) is 1.05. The number of nitrogens with one attached hydrogen (secondary N) is 1. The Bertz CT molecular complexity index is 1160. The summed E-state index contributed by atoms with van der Waals surface area (Å²) in [4.78, 5) is 33.6. The van der Waals surface area contributed by atoms with Gasteiger partial charge in [-0.2, -0.15) is 0 Å². The average Bonchev–Trinajstić information content (AvgIpc) is 2.84. The quantitative estimate of drug-likeness (QED) is 0.617. The maximum atomic E-state index is 13.5. The summed E-state index contributed by atoms with van der Waals surface area (Å²) in [7, 11) is 1.61. The molecule has 3 amide bonds. The molecule has 0 saturated heterocycles. The monoisotopic (exact) mass is 496 g/mol. The molecule has 2 N–H and O–H groups in total. The Hall–Kier alpha value is -3.64. The minimum atomic E-state index is -0.506. The number of anilines is 1. The SMILES string of the molecule is CC(C)C#Cc1cnc2c(c1)C(=O)N([C@@H](C)CO)C[C@H](C)[C@H](CN(C)C(=O)Nc1cccc(F)c1)O2. The van der Waals surface area contributed by atoms with Gasteiger partial charge in [0.05, 0.1) is 19.2 Å². The van der Waals surface area contributed by atoms with Crippen LogP contribution in [0.3, 0.4) is 0 Å². The second kappa shape index (κ2) is 11.9. The minimum absolute atomic E-state index is 0.153. The second-order valence-electron chi connectivity index (χ2n) is 9.44. The Balaban J connectivity index is 1.88. The molecule has 1 aromatic carbocycles. The van der Waals surface area contributed by atoms with Crippen LogP contribution in [-0.2, 0) is 0 Å². The van der Waals surface area contributed by atoms with Crippen molar-refractivity contribution in [2.75, 3.05) is 32.1 Å². The number of urea groups is 1. The highest BCUT2D eigenvalue weighted by Gasteiger charge is 2.34. The number of rotatable bonds is 5. The summed E-state index contributed by atoms with van der Waals surface area (Å²) in [6.45, 7) is 7.94. The number of benzene rings is 1. The molecule has 1 aliphatic heterocycles. The Morgan fingerprint density at radius 1 is 1.36 bits per heavy atom. The highest BCUT2D eigenvalue weighted by Crippen LogP contribution is 2.27. The maximum absolute atomic E-state index is 13.5. The molecule has 9 heteroatoms. The van der Waals surface area contributed by atoms with Gasteiger partial charge in [0, 0.05) is 42.9 Å². The number of halogens is 1. The van der Waals surface area contributed by atoms with Crippen LogP contribution in [0.4, 0.5) is 14.9 Å². The minimum Gasteiger partial charge on any atom is -0.472 e. The van der Waals surface area contributed by atoms with E-state index < -0.39 is 24.0 Å². The molecule has 1 aromatic heterocycles. The van der Waals surface area contributed by atoms with Crippen molar-refractivity contribution < 1.29 is 23.8 Å². The summed E-state index contributed by atoms with van der Waals surface area (Å²) >= 11 is 0. The number of aliphatic hydroxyl groups excluding tert-OH is 1. The van der Waals surface area contributed by atoms with Gasteiger partial charge in [-0.1, -0.05) is 38.7 Å². The van der Waals surface area contributed by atoms with Gasteiger partial charge in [0.1, 0.15) is 17.5 Å². The lowest BCUT2D eigenvalue weighted by Gasteiger charge is -2.37. The van der Waals surface area contributed by atoms with Crippen molar-refractivity contribution in [2.24, 2.45) is 11.8 Å². The predicted octanol–water partition coefficient (Wildman–Crippen LogP) is 3.61. The smallest absolute Gasteiger partial charge is 0.321 e. The van der Waals surface area contributed by atoms with Gasteiger partial charge in [-0.25, -0.2) is 14.2 Å². The number of aliphatic hydroxyl groups is 1. The molecule has 0 fully saturated rings. The van der Waals surface area contributed by atoms with Gasteiger partial charge >= 0.3 is 6.03 Å². The van der Waals surface area contributed by atoms with E-state index in [2.05, 4.69) is 22.1 Å². The zero-order chi connectivity index (χ0) is 26.4. The number of amides is 3. The van der Waals surface area contributed by atoms with Crippen molar-refractivity contribution in [2.45, 2.75) is 39.8 Å². The number of ether oxygens (including phenoxy) is 1. The van der Waals surface area contributed by atoms with E-state index in [0.29, 0.717) is 17.8 Å². The van der Waals surface area contributed by atoms with Crippen LogP contribution in [0, 0.1) is 29.5 Å². The molecule has 2 aromatic rings. The van der Waals surface area contributed by atoms with Crippen LogP contribution in [0.1, 0.15) is 43.6 Å². The first-order chi connectivity index (χ1) is 17.1. The van der Waals surface area contributed by atoms with Crippen LogP contribution in [0.25, 0.3) is 0 Å². The molecule has 0 saturated carbocycles. The van der Waals surface area contributed by atoms with Crippen molar-refractivity contribution >= 4 is 17.6 Å². The molecule has 0 bridgehead atoms. The van der Waals surface area contributed by atoms with Gasteiger partial charge in [-0.05, 0) is 31.2 Å². The van der Waals surface area contributed by atoms with Crippen LogP contribution >= 0.6 is 0 Å². The largest absolute Gasteiger partial charge is 0.472 e. The molecule has 192 valence electrons. The lowest BCUT2D eigenvalue weighted by molar-refractivity contribution is 0.0356. The third-order valence-electron chi connectivity index (χ3n) is 5.90. The van der Waals surface area contributed by atoms with Crippen molar-refractivity contribution in [3.8, 4) is 17.7 Å². The van der Waals surface area contributed by atoms with Crippen LogP contribution in [0.2, 0.25) is 0 Å². The molecule has 0 spiro atoms. The summed E-state index contributed by atoms with van der Waals surface area (Å²) in [5, 5.41) is 12.5. The average molecular weight is 497 g/mol. The van der Waals surface area contributed by atoms with E-state index in [1.165, 1.54) is 23.1 Å². The first kappa shape index (κ1) is 27.0. The van der Waals surface area contributed by atoms with Gasteiger partial charge in [-0.3, -0.25) is 4.79 Å². The number of pyridine rings is 1. The number of carbonyl (C=O) groups excluding carboxylic acids is 2. The molecule has 8 nitrogen and oxygen atoms in total. The molecule has 36 heavy (non-hydrogen) atoms. The van der Waals surface area contributed by atoms with Gasteiger partial charge in [0.25, 0.3) is 5.91 Å². The first-order valence-electron chi connectivity index (χ1n) is 12.0. The molecule has 0 radical (unpaired) electrons. The molecule has 0 aliphatic carbocycles. The lowest BCUT2D eigenvalue weighted by atomic mass is 10.00. The summed E-state index contributed by atoms with van der Waals surface area (Å²) in [5.74, 6) is 5.46. The van der Waals surface area contributed by atoms with Crippen molar-refractivity contribution in [3.63, 3.8) is 0 Å². The molecule has 3 atom stereocenters. The van der Waals surface area contributed by atoms with Crippen molar-refractivity contribution in [1.82, 2.24) is 14.8 Å². The Morgan fingerprint density at radius 2 is 2.11 bits per heavy atom. The van der Waals surface area contributed by atoms with Gasteiger partial charge < -0.3 is 25.0 Å². The number of fused-ring (bicyclic) bond motifs is 1. The number of nitrogens with zero attached hydrogens (tertiary/aromatic N) is 3. The Labute approximate surface area is 211 Å². The van der Waals surface area contributed by atoms with Crippen LogP contribution < -0.4 is 10.1 Å². The van der Waals surface area contributed by atoms with E-state index >= 15 is 0 Å². The topological polar surface area (TPSA) is 95.0 Å². The predicted molar refractivity (Wildman–Crippen MR) is 135 cm³/mol. The fourth-order valence-corrected chi connectivity index (χ4v) is 3.75. The number of aromatic nitrogens is 1. The van der Waals surface area contributed by atoms with Gasteiger partial charge in [0.15, 0.2) is 0 Å². The van der Waals surface area contributed by atoms with Crippen LogP contribution in [0.15, 0.2) is 36.5 Å². The summed E-state index contributed by atoms with van der Waals surface area (Å²) in [5.41, 5.74) is 1.19. The maximum Gasteiger partial charge on any atom is 0.321 e. The molecular formula is C27H33FN4O4. The zero-order valence-corrected chi connectivity index (χ0v) is 21.3. The highest BCUT2D eigenvalue weighted by molar-refractivity contribution is 5.97. The van der Waals surface area contributed by atoms with Crippen LogP contribution in [-0.4, -0.2) is 70.7 Å². The first-order valence-corrected chi connectivity index (χ1v) is 12.0. The fraction of sp³-hybridized carbons (Fsp3) is 0.444. The molecular weight excluding hydrogens is 463 g/mol. The standard InChI is InChI=1S/C27H33FN4O4/c1-17(2)9-10-20-11-23-25(29-13-20)36-24(18(3)14-32(26(23)34)19(4)16-33)15-31(5)27(35)30-22-8-6-7-21(28)12-22/h6-8,11-13,17-19,24,33H,14-16H2,1-5H3,(H,30,35)/t18-,19-,24-/m0/s1. The molecule has 3 rings (SSSR count). The summed E-state index contributed by atoms with van der Waals surface area (Å²) < 4.78 is 19.7.